The smallest absolute Gasteiger partial charge is 0.0543 e. The summed E-state index contributed by atoms with van der Waals surface area (Å²) in [5, 5.41) is 43.1. The maximum atomic E-state index is 10.6. The van der Waals surface area contributed by atoms with Gasteiger partial charge in [0.1, 0.15) is 0 Å². The van der Waals surface area contributed by atoms with Gasteiger partial charge in [-0.05, 0) is 143 Å². The van der Waals surface area contributed by atoms with Crippen molar-refractivity contribution in [2.24, 2.45) is 23.7 Å². The van der Waals surface area contributed by atoms with Crippen LogP contribution in [-0.2, 0) is 0 Å². The topological polar surface area (TPSA) is 80.9 Å². The Bertz CT molecular complexity index is 618. The Labute approximate surface area is 243 Å². The molecule has 0 spiro atoms. The lowest BCUT2D eigenvalue weighted by atomic mass is 9.67. The van der Waals surface area contributed by atoms with Crippen molar-refractivity contribution in [2.75, 3.05) is 12.3 Å². The first-order valence-electron chi connectivity index (χ1n) is 17.0. The number of hydrogen-bond acceptors (Lipinski definition) is 4. The fourth-order valence-electron chi connectivity index (χ4n) is 9.91. The highest BCUT2D eigenvalue weighted by molar-refractivity contribution is 7.41. The molecule has 228 valence electrons. The van der Waals surface area contributed by atoms with Gasteiger partial charge in [0, 0.05) is 0 Å². The monoisotopic (exact) mass is 584 g/mol. The van der Waals surface area contributed by atoms with E-state index in [2.05, 4.69) is 13.8 Å². The first-order chi connectivity index (χ1) is 18.8. The van der Waals surface area contributed by atoms with E-state index in [0.717, 1.165) is 94.2 Å². The van der Waals surface area contributed by atoms with Crippen LogP contribution in [0.25, 0.3) is 0 Å². The lowest BCUT2D eigenvalue weighted by molar-refractivity contribution is 0.0407. The van der Waals surface area contributed by atoms with E-state index >= 15 is 0 Å². The SMILES string of the molecule is CCC(PCCCPC(CC)(C1CCCC(O)C1)C1CCCC(O)C1)(C1CCCC(O)C1)C1CCCC(O)C1. The molecule has 39 heavy (non-hydrogen) atoms. The zero-order valence-electron chi connectivity index (χ0n) is 25.3. The minimum absolute atomic E-state index is 0.128. The quantitative estimate of drug-likeness (QED) is 0.144. The Morgan fingerprint density at radius 1 is 0.487 bits per heavy atom. The van der Waals surface area contributed by atoms with E-state index in [-0.39, 0.29) is 24.4 Å². The van der Waals surface area contributed by atoms with E-state index in [1.807, 2.05) is 0 Å². The van der Waals surface area contributed by atoms with Crippen molar-refractivity contribution >= 4 is 17.2 Å². The van der Waals surface area contributed by atoms with Gasteiger partial charge >= 0.3 is 0 Å². The molecular formula is C33H62O4P2. The van der Waals surface area contributed by atoms with Crippen molar-refractivity contribution in [3.63, 3.8) is 0 Å². The first kappa shape index (κ1) is 32.6. The van der Waals surface area contributed by atoms with Gasteiger partial charge in [0.2, 0.25) is 0 Å². The molecule has 4 N–H and O–H groups in total. The Hall–Kier alpha value is 0.700. The second kappa shape index (κ2) is 15.4. The van der Waals surface area contributed by atoms with Crippen molar-refractivity contribution in [3.05, 3.63) is 0 Å². The maximum Gasteiger partial charge on any atom is 0.0543 e. The van der Waals surface area contributed by atoms with Gasteiger partial charge in [-0.15, -0.1) is 17.2 Å². The summed E-state index contributed by atoms with van der Waals surface area (Å²) in [6.45, 7) is 4.81. The summed E-state index contributed by atoms with van der Waals surface area (Å²) in [6.07, 6.45) is 23.2. The van der Waals surface area contributed by atoms with Gasteiger partial charge in [0.25, 0.3) is 0 Å². The third-order valence-electron chi connectivity index (χ3n) is 11.9. The van der Waals surface area contributed by atoms with Gasteiger partial charge in [-0.1, -0.05) is 39.5 Å². The van der Waals surface area contributed by atoms with Gasteiger partial charge in [-0.3, -0.25) is 0 Å². The van der Waals surface area contributed by atoms with Crippen LogP contribution in [0.3, 0.4) is 0 Å². The molecule has 0 aromatic rings. The van der Waals surface area contributed by atoms with Gasteiger partial charge < -0.3 is 20.4 Å². The zero-order chi connectivity index (χ0) is 27.9. The minimum atomic E-state index is -0.128. The van der Waals surface area contributed by atoms with Crippen LogP contribution < -0.4 is 0 Å². The summed E-state index contributed by atoms with van der Waals surface area (Å²) in [5.74, 6) is 2.46. The van der Waals surface area contributed by atoms with E-state index < -0.39 is 0 Å². The van der Waals surface area contributed by atoms with E-state index in [1.54, 1.807) is 0 Å². The Morgan fingerprint density at radius 2 is 0.769 bits per heavy atom. The van der Waals surface area contributed by atoms with Gasteiger partial charge in [0.05, 0.1) is 24.4 Å². The average Bonchev–Trinajstić information content (AvgIpc) is 2.93. The molecule has 4 rings (SSSR count). The molecule has 0 bridgehead atoms. The molecule has 6 heteroatoms. The summed E-state index contributed by atoms with van der Waals surface area (Å²) in [7, 11) is 1.87. The largest absolute Gasteiger partial charge is 0.393 e. The average molecular weight is 585 g/mol. The maximum absolute atomic E-state index is 10.6. The first-order valence-corrected chi connectivity index (χ1v) is 19.5. The summed E-state index contributed by atoms with van der Waals surface area (Å²) in [5.41, 5.74) is 0. The third-order valence-corrected chi connectivity index (χ3v) is 16.8. The third kappa shape index (κ3) is 8.00. The molecule has 0 aromatic carbocycles. The Morgan fingerprint density at radius 3 is 1.00 bits per heavy atom. The molecule has 4 aliphatic carbocycles. The molecular weight excluding hydrogens is 522 g/mol. The van der Waals surface area contributed by atoms with Crippen LogP contribution in [0.15, 0.2) is 0 Å². The Kier molecular flexibility index (Phi) is 12.9. The number of aliphatic hydroxyl groups is 4. The second-order valence-electron chi connectivity index (χ2n) is 14.1. The predicted molar refractivity (Wildman–Crippen MR) is 169 cm³/mol. The van der Waals surface area contributed by atoms with Crippen LogP contribution in [-0.4, -0.2) is 67.5 Å². The summed E-state index contributed by atoms with van der Waals surface area (Å²) >= 11 is 0. The van der Waals surface area contributed by atoms with Crippen molar-refractivity contribution < 1.29 is 20.4 Å². The molecule has 4 aliphatic rings. The van der Waals surface area contributed by atoms with E-state index in [0.29, 0.717) is 34.0 Å². The predicted octanol–water partition coefficient (Wildman–Crippen LogP) is 7.24. The van der Waals surface area contributed by atoms with Crippen LogP contribution in [0.4, 0.5) is 0 Å². The van der Waals surface area contributed by atoms with Crippen LogP contribution >= 0.6 is 17.2 Å². The normalized spacial score (nSPS) is 40.2. The number of rotatable bonds is 12. The van der Waals surface area contributed by atoms with Crippen LogP contribution in [0.1, 0.15) is 136 Å². The van der Waals surface area contributed by atoms with Crippen molar-refractivity contribution in [3.8, 4) is 0 Å². The lowest BCUT2D eigenvalue weighted by Gasteiger charge is -2.51. The fourth-order valence-corrected chi connectivity index (χ4v) is 14.6. The van der Waals surface area contributed by atoms with Crippen molar-refractivity contribution in [2.45, 2.75) is 171 Å². The summed E-state index contributed by atoms with van der Waals surface area (Å²) in [4.78, 5) is 0. The molecule has 4 saturated carbocycles. The highest BCUT2D eigenvalue weighted by atomic mass is 31.1. The summed E-state index contributed by atoms with van der Waals surface area (Å²) in [6, 6.07) is 0. The molecule has 4 fully saturated rings. The summed E-state index contributed by atoms with van der Waals surface area (Å²) < 4.78 is 0. The van der Waals surface area contributed by atoms with E-state index in [9.17, 15) is 20.4 Å². The highest BCUT2D eigenvalue weighted by Crippen LogP contribution is 2.58. The number of hydrogen-bond donors (Lipinski definition) is 4. The van der Waals surface area contributed by atoms with Crippen molar-refractivity contribution in [1.82, 2.24) is 0 Å². The van der Waals surface area contributed by atoms with E-state index in [4.69, 9.17) is 0 Å². The number of aliphatic hydroxyl groups excluding tert-OH is 4. The van der Waals surface area contributed by atoms with Gasteiger partial charge in [0.15, 0.2) is 0 Å². The molecule has 0 heterocycles. The second-order valence-corrected chi connectivity index (χ2v) is 17.6. The van der Waals surface area contributed by atoms with Gasteiger partial charge in [-0.2, -0.15) is 0 Å². The van der Waals surface area contributed by atoms with Gasteiger partial charge in [-0.25, -0.2) is 0 Å². The standard InChI is InChI=1S/C33H62O4P2/c1-3-32(24-10-5-14-28(34)20-24,25-11-6-15-29(35)21-25)38-18-9-19-39-33(4-2,26-12-7-16-30(36)22-26)27-13-8-17-31(37)23-27/h24-31,34-39H,3-23H2,1-2H3. The fraction of sp³-hybridized carbons (Fsp3) is 1.00. The molecule has 0 aromatic heterocycles. The Balaban J connectivity index is 1.43. The molecule has 0 aliphatic heterocycles. The lowest BCUT2D eigenvalue weighted by Crippen LogP contribution is -2.46. The molecule has 10 atom stereocenters. The van der Waals surface area contributed by atoms with Crippen LogP contribution in [0.5, 0.6) is 0 Å². The molecule has 0 radical (unpaired) electrons. The molecule has 4 nitrogen and oxygen atoms in total. The van der Waals surface area contributed by atoms with Crippen molar-refractivity contribution in [1.29, 1.82) is 0 Å². The molecule has 0 saturated heterocycles. The van der Waals surface area contributed by atoms with Crippen LogP contribution in [0.2, 0.25) is 0 Å². The molecule has 10 unspecified atom stereocenters. The highest BCUT2D eigenvalue weighted by Gasteiger charge is 2.48. The molecule has 0 amide bonds. The van der Waals surface area contributed by atoms with Crippen LogP contribution in [0, 0.1) is 23.7 Å². The minimum Gasteiger partial charge on any atom is -0.393 e. The zero-order valence-corrected chi connectivity index (χ0v) is 27.3. The van der Waals surface area contributed by atoms with E-state index in [1.165, 1.54) is 57.3 Å².